The molecular formula is C29H27Cl2N3O3. The van der Waals surface area contributed by atoms with Crippen LogP contribution in [-0.2, 0) is 24.0 Å². The van der Waals surface area contributed by atoms with E-state index in [1.165, 1.54) is 0 Å². The molecule has 2 aromatic carbocycles. The second kappa shape index (κ2) is 9.49. The van der Waals surface area contributed by atoms with Crippen LogP contribution in [0.5, 0.6) is 0 Å². The van der Waals surface area contributed by atoms with Gasteiger partial charge in [0.05, 0.1) is 33.9 Å². The van der Waals surface area contributed by atoms with E-state index in [9.17, 15) is 10.4 Å². The zero-order chi connectivity index (χ0) is 25.7. The predicted octanol–water partition coefficient (Wildman–Crippen LogP) is 7.24. The highest BCUT2D eigenvalue weighted by molar-refractivity contribution is 6.39. The molecule has 8 heteroatoms. The van der Waals surface area contributed by atoms with Gasteiger partial charge in [0.2, 0.25) is 0 Å². The molecule has 4 aromatic rings. The molecule has 0 spiro atoms. The summed E-state index contributed by atoms with van der Waals surface area (Å²) in [6, 6.07) is 13.6. The molecule has 0 bridgehead atoms. The minimum Gasteiger partial charge on any atom is -0.385 e. The Kier molecular flexibility index (Phi) is 6.29. The van der Waals surface area contributed by atoms with Crippen molar-refractivity contribution < 1.29 is 14.4 Å². The number of fused-ring (bicyclic) bond motifs is 1. The highest BCUT2D eigenvalue weighted by Crippen LogP contribution is 2.46. The van der Waals surface area contributed by atoms with E-state index in [0.717, 1.165) is 53.5 Å². The van der Waals surface area contributed by atoms with Crippen LogP contribution in [0.1, 0.15) is 66.9 Å². The SMILES string of the molecule is Cn1cc(C#N)c2ccc(C3(O)CCC(OCc4c(-c5c(Cl)cccc5Cl)noc4C4CC4)CC3)cc21. The number of halogens is 2. The Hall–Kier alpha value is -2.82. The highest BCUT2D eigenvalue weighted by Gasteiger charge is 2.37. The van der Waals surface area contributed by atoms with Crippen molar-refractivity contribution in [2.24, 2.45) is 7.05 Å². The molecule has 2 aliphatic rings. The molecule has 37 heavy (non-hydrogen) atoms. The molecule has 2 saturated carbocycles. The van der Waals surface area contributed by atoms with E-state index in [2.05, 4.69) is 11.2 Å². The molecule has 6 nitrogen and oxygen atoms in total. The first-order chi connectivity index (χ1) is 17.9. The van der Waals surface area contributed by atoms with Crippen molar-refractivity contribution in [1.82, 2.24) is 9.72 Å². The maximum atomic E-state index is 11.5. The summed E-state index contributed by atoms with van der Waals surface area (Å²) in [6.45, 7) is 0.363. The maximum absolute atomic E-state index is 11.5. The molecule has 0 unspecified atom stereocenters. The normalized spacial score (nSPS) is 21.9. The molecule has 0 saturated heterocycles. The van der Waals surface area contributed by atoms with E-state index in [0.29, 0.717) is 52.2 Å². The summed E-state index contributed by atoms with van der Waals surface area (Å²) in [7, 11) is 1.92. The van der Waals surface area contributed by atoms with Crippen LogP contribution in [-0.4, -0.2) is 20.9 Å². The number of aromatic nitrogens is 2. The number of hydrogen-bond donors (Lipinski definition) is 1. The van der Waals surface area contributed by atoms with Crippen LogP contribution in [0.4, 0.5) is 0 Å². The van der Waals surface area contributed by atoms with Crippen LogP contribution < -0.4 is 0 Å². The summed E-state index contributed by atoms with van der Waals surface area (Å²) in [5.41, 5.74) is 3.80. The molecule has 0 radical (unpaired) electrons. The van der Waals surface area contributed by atoms with Crippen molar-refractivity contribution >= 4 is 34.1 Å². The summed E-state index contributed by atoms with van der Waals surface area (Å²) in [6.07, 6.45) is 6.66. The fourth-order valence-corrected chi connectivity index (χ4v) is 6.11. The van der Waals surface area contributed by atoms with Gasteiger partial charge in [-0.2, -0.15) is 5.26 Å². The van der Waals surface area contributed by atoms with E-state index in [1.54, 1.807) is 12.1 Å². The number of aliphatic hydroxyl groups is 1. The lowest BCUT2D eigenvalue weighted by molar-refractivity contribution is -0.0640. The summed E-state index contributed by atoms with van der Waals surface area (Å²) < 4.78 is 14.1. The minimum absolute atomic E-state index is 0.0146. The summed E-state index contributed by atoms with van der Waals surface area (Å²) in [4.78, 5) is 0. The predicted molar refractivity (Wildman–Crippen MR) is 143 cm³/mol. The Morgan fingerprint density at radius 3 is 2.57 bits per heavy atom. The molecule has 0 amide bonds. The van der Waals surface area contributed by atoms with Crippen molar-refractivity contribution in [1.29, 1.82) is 5.26 Å². The molecular weight excluding hydrogens is 509 g/mol. The van der Waals surface area contributed by atoms with Crippen molar-refractivity contribution in [2.75, 3.05) is 0 Å². The van der Waals surface area contributed by atoms with E-state index in [1.807, 2.05) is 42.1 Å². The summed E-state index contributed by atoms with van der Waals surface area (Å²) in [5, 5.41) is 27.2. The Bertz CT molecular complexity index is 1500. The maximum Gasteiger partial charge on any atom is 0.145 e. The van der Waals surface area contributed by atoms with Crippen molar-refractivity contribution in [3.8, 4) is 17.3 Å². The van der Waals surface area contributed by atoms with Gasteiger partial charge in [-0.25, -0.2) is 0 Å². The standard InChI is InChI=1S/C29H27Cl2N3O3/c1-34-15-18(14-32)21-8-7-19(13-25(21)34)29(35)11-9-20(10-12-29)36-16-22-27(33-37-28(22)17-5-6-17)26-23(30)3-2-4-24(26)31/h2-4,7-8,13,15,17,20,35H,5-6,9-12,16H2,1H3. The van der Waals surface area contributed by atoms with Gasteiger partial charge in [-0.1, -0.05) is 46.6 Å². The van der Waals surface area contributed by atoms with Gasteiger partial charge in [0.15, 0.2) is 0 Å². The molecule has 2 fully saturated rings. The van der Waals surface area contributed by atoms with E-state index in [4.69, 9.17) is 32.5 Å². The number of hydrogen-bond acceptors (Lipinski definition) is 5. The number of benzene rings is 2. The van der Waals surface area contributed by atoms with Crippen LogP contribution in [0.2, 0.25) is 10.0 Å². The number of nitrogens with zero attached hydrogens (tertiary/aromatic N) is 3. The van der Waals surface area contributed by atoms with Gasteiger partial charge in [-0.05, 0) is 62.3 Å². The van der Waals surface area contributed by atoms with Crippen molar-refractivity contribution in [3.63, 3.8) is 0 Å². The van der Waals surface area contributed by atoms with Crippen LogP contribution in [0.15, 0.2) is 47.1 Å². The van der Waals surface area contributed by atoms with Gasteiger partial charge < -0.3 is 18.9 Å². The minimum atomic E-state index is -0.919. The first kappa shape index (κ1) is 24.5. The van der Waals surface area contributed by atoms with Crippen LogP contribution in [0.3, 0.4) is 0 Å². The first-order valence-electron chi connectivity index (χ1n) is 12.6. The van der Waals surface area contributed by atoms with Gasteiger partial charge in [0.25, 0.3) is 0 Å². The Balaban J connectivity index is 1.18. The fraction of sp³-hybridized carbons (Fsp3) is 0.379. The summed E-state index contributed by atoms with van der Waals surface area (Å²) >= 11 is 13.0. The Labute approximate surface area is 225 Å². The molecule has 0 aliphatic heterocycles. The van der Waals surface area contributed by atoms with Gasteiger partial charge in [-0.3, -0.25) is 0 Å². The highest BCUT2D eigenvalue weighted by atomic mass is 35.5. The van der Waals surface area contributed by atoms with E-state index < -0.39 is 5.60 Å². The molecule has 1 N–H and O–H groups in total. The fourth-order valence-electron chi connectivity index (χ4n) is 5.54. The van der Waals surface area contributed by atoms with Crippen LogP contribution in [0, 0.1) is 11.3 Å². The van der Waals surface area contributed by atoms with Gasteiger partial charge >= 0.3 is 0 Å². The molecule has 0 atom stereocenters. The third-order valence-corrected chi connectivity index (χ3v) is 8.47. The van der Waals surface area contributed by atoms with Gasteiger partial charge in [0, 0.05) is 41.2 Å². The molecule has 6 rings (SSSR count). The zero-order valence-electron chi connectivity index (χ0n) is 20.5. The van der Waals surface area contributed by atoms with Gasteiger partial charge in [0.1, 0.15) is 17.5 Å². The number of nitriles is 1. The Morgan fingerprint density at radius 2 is 1.89 bits per heavy atom. The smallest absolute Gasteiger partial charge is 0.145 e. The molecule has 190 valence electrons. The number of ether oxygens (including phenoxy) is 1. The third-order valence-electron chi connectivity index (χ3n) is 7.84. The van der Waals surface area contributed by atoms with Crippen LogP contribution >= 0.6 is 23.2 Å². The second-order valence-electron chi connectivity index (χ2n) is 10.3. The monoisotopic (exact) mass is 535 g/mol. The largest absolute Gasteiger partial charge is 0.385 e. The average molecular weight is 536 g/mol. The lowest BCUT2D eigenvalue weighted by Gasteiger charge is -2.36. The second-order valence-corrected chi connectivity index (χ2v) is 11.1. The third kappa shape index (κ3) is 4.45. The average Bonchev–Trinajstić information content (AvgIpc) is 3.58. The molecule has 2 aromatic heterocycles. The van der Waals surface area contributed by atoms with Crippen molar-refractivity contribution in [3.05, 3.63) is 75.1 Å². The molecule has 2 heterocycles. The van der Waals surface area contributed by atoms with Gasteiger partial charge in [-0.15, -0.1) is 0 Å². The number of rotatable bonds is 6. The van der Waals surface area contributed by atoms with E-state index in [-0.39, 0.29) is 6.10 Å². The first-order valence-corrected chi connectivity index (χ1v) is 13.4. The number of aryl methyl sites for hydroxylation is 1. The van der Waals surface area contributed by atoms with Crippen LogP contribution in [0.25, 0.3) is 22.2 Å². The quantitative estimate of drug-likeness (QED) is 0.281. The zero-order valence-corrected chi connectivity index (χ0v) is 22.0. The molecule has 2 aliphatic carbocycles. The van der Waals surface area contributed by atoms with E-state index >= 15 is 0 Å². The Morgan fingerprint density at radius 1 is 1.16 bits per heavy atom. The summed E-state index contributed by atoms with van der Waals surface area (Å²) in [5.74, 6) is 1.23. The topological polar surface area (TPSA) is 84.2 Å². The lowest BCUT2D eigenvalue weighted by atomic mass is 9.78. The lowest BCUT2D eigenvalue weighted by Crippen LogP contribution is -2.34. The van der Waals surface area contributed by atoms with Crippen molar-refractivity contribution in [2.45, 2.75) is 62.8 Å².